The van der Waals surface area contributed by atoms with Crippen LogP contribution in [0.5, 0.6) is 0 Å². The topological polar surface area (TPSA) is 29.5 Å². The second kappa shape index (κ2) is 6.34. The van der Waals surface area contributed by atoms with Crippen molar-refractivity contribution in [3.63, 3.8) is 0 Å². The predicted molar refractivity (Wildman–Crippen MR) is 73.7 cm³/mol. The lowest BCUT2D eigenvalue weighted by atomic mass is 9.97. The van der Waals surface area contributed by atoms with Gasteiger partial charge in [0.25, 0.3) is 0 Å². The molecule has 0 atom stereocenters. The van der Waals surface area contributed by atoms with Crippen LogP contribution >= 0.6 is 11.3 Å². The summed E-state index contributed by atoms with van der Waals surface area (Å²) < 4.78 is 4.81. The number of hydrogen-bond acceptors (Lipinski definition) is 4. The Balaban J connectivity index is 1.81. The Morgan fingerprint density at radius 1 is 1.39 bits per heavy atom. The average molecular weight is 267 g/mol. The van der Waals surface area contributed by atoms with Crippen LogP contribution in [0.3, 0.4) is 0 Å². The molecule has 2 rings (SSSR count). The maximum Gasteiger partial charge on any atom is 0.308 e. The van der Waals surface area contributed by atoms with Crippen molar-refractivity contribution in [2.24, 2.45) is 5.92 Å². The minimum atomic E-state index is -0.0426. The molecular formula is C14H21NO2S. The zero-order chi connectivity index (χ0) is 13.0. The Labute approximate surface area is 113 Å². The van der Waals surface area contributed by atoms with Crippen molar-refractivity contribution in [3.05, 3.63) is 21.9 Å². The first-order chi connectivity index (χ1) is 8.72. The number of rotatable bonds is 4. The highest BCUT2D eigenvalue weighted by Gasteiger charge is 2.25. The molecule has 0 bridgehead atoms. The van der Waals surface area contributed by atoms with Crippen LogP contribution in [0.25, 0.3) is 0 Å². The maximum atomic E-state index is 11.4. The summed E-state index contributed by atoms with van der Waals surface area (Å²) in [5.74, 6) is 0.0693. The Morgan fingerprint density at radius 2 is 2.06 bits per heavy atom. The van der Waals surface area contributed by atoms with Gasteiger partial charge in [-0.2, -0.15) is 0 Å². The van der Waals surface area contributed by atoms with Gasteiger partial charge in [-0.1, -0.05) is 6.92 Å². The van der Waals surface area contributed by atoms with E-state index in [-0.39, 0.29) is 11.9 Å². The number of hydrogen-bond donors (Lipinski definition) is 0. The first kappa shape index (κ1) is 13.6. The molecule has 1 saturated heterocycles. The van der Waals surface area contributed by atoms with Gasteiger partial charge in [0.1, 0.15) is 0 Å². The summed E-state index contributed by atoms with van der Waals surface area (Å²) in [7, 11) is 1.48. The first-order valence-electron chi connectivity index (χ1n) is 6.60. The molecule has 1 aliphatic heterocycles. The van der Waals surface area contributed by atoms with E-state index < -0.39 is 0 Å². The molecule has 1 aromatic rings. The highest BCUT2D eigenvalue weighted by molar-refractivity contribution is 7.11. The van der Waals surface area contributed by atoms with Crippen molar-refractivity contribution in [1.29, 1.82) is 0 Å². The number of ether oxygens (including phenoxy) is 1. The number of esters is 1. The Bertz CT molecular complexity index is 394. The molecule has 4 heteroatoms. The molecule has 0 saturated carbocycles. The third-order valence-electron chi connectivity index (χ3n) is 3.57. The van der Waals surface area contributed by atoms with E-state index in [1.54, 1.807) is 0 Å². The van der Waals surface area contributed by atoms with Gasteiger partial charge in [-0.05, 0) is 44.5 Å². The summed E-state index contributed by atoms with van der Waals surface area (Å²) in [6, 6.07) is 4.46. The van der Waals surface area contributed by atoms with Gasteiger partial charge in [0.05, 0.1) is 13.0 Å². The highest BCUT2D eigenvalue weighted by atomic mass is 32.1. The number of aryl methyl sites for hydroxylation is 1. The zero-order valence-corrected chi connectivity index (χ0v) is 12.0. The van der Waals surface area contributed by atoms with Gasteiger partial charge in [0, 0.05) is 16.3 Å². The highest BCUT2D eigenvalue weighted by Crippen LogP contribution is 2.23. The van der Waals surface area contributed by atoms with Gasteiger partial charge in [0.2, 0.25) is 0 Å². The molecule has 18 heavy (non-hydrogen) atoms. The van der Waals surface area contributed by atoms with E-state index in [1.165, 1.54) is 16.9 Å². The Morgan fingerprint density at radius 3 is 2.61 bits per heavy atom. The van der Waals surface area contributed by atoms with E-state index in [1.807, 2.05) is 11.3 Å². The molecule has 0 radical (unpaired) electrons. The molecular weight excluding hydrogens is 246 g/mol. The second-order valence-corrected chi connectivity index (χ2v) is 6.05. The fourth-order valence-corrected chi connectivity index (χ4v) is 3.41. The molecule has 1 aromatic heterocycles. The Kier molecular flexibility index (Phi) is 4.78. The van der Waals surface area contributed by atoms with Crippen LogP contribution in [0, 0.1) is 5.92 Å². The molecule has 0 unspecified atom stereocenters. The van der Waals surface area contributed by atoms with Crippen molar-refractivity contribution in [1.82, 2.24) is 4.90 Å². The number of carbonyl (C=O) groups excluding carboxylic acids is 1. The second-order valence-electron chi connectivity index (χ2n) is 4.80. The summed E-state index contributed by atoms with van der Waals surface area (Å²) in [4.78, 5) is 16.8. The average Bonchev–Trinajstić information content (AvgIpc) is 2.86. The van der Waals surface area contributed by atoms with E-state index in [9.17, 15) is 4.79 Å². The largest absolute Gasteiger partial charge is 0.469 e. The van der Waals surface area contributed by atoms with Crippen LogP contribution in [-0.2, 0) is 22.5 Å². The van der Waals surface area contributed by atoms with Gasteiger partial charge in [-0.25, -0.2) is 0 Å². The van der Waals surface area contributed by atoms with Gasteiger partial charge >= 0.3 is 5.97 Å². The molecule has 1 aliphatic rings. The molecule has 0 aromatic carbocycles. The van der Waals surface area contributed by atoms with Crippen molar-refractivity contribution < 1.29 is 9.53 Å². The quantitative estimate of drug-likeness (QED) is 0.786. The third-order valence-corrected chi connectivity index (χ3v) is 4.78. The minimum absolute atomic E-state index is 0.0426. The van der Waals surface area contributed by atoms with Gasteiger partial charge in [-0.15, -0.1) is 11.3 Å². The van der Waals surface area contributed by atoms with E-state index in [0.29, 0.717) is 0 Å². The van der Waals surface area contributed by atoms with Crippen LogP contribution in [-0.4, -0.2) is 31.1 Å². The van der Waals surface area contributed by atoms with Crippen molar-refractivity contribution in [3.8, 4) is 0 Å². The lowest BCUT2D eigenvalue weighted by Crippen LogP contribution is -2.36. The molecule has 0 N–H and O–H groups in total. The van der Waals surface area contributed by atoms with E-state index in [2.05, 4.69) is 24.0 Å². The number of thiophene rings is 1. The van der Waals surface area contributed by atoms with Crippen molar-refractivity contribution in [2.45, 2.75) is 32.7 Å². The van der Waals surface area contributed by atoms with E-state index >= 15 is 0 Å². The normalized spacial score (nSPS) is 17.9. The van der Waals surface area contributed by atoms with Crippen LogP contribution < -0.4 is 0 Å². The number of nitrogens with zero attached hydrogens (tertiary/aromatic N) is 1. The third kappa shape index (κ3) is 3.33. The lowest BCUT2D eigenvalue weighted by molar-refractivity contribution is -0.147. The van der Waals surface area contributed by atoms with E-state index in [0.717, 1.165) is 38.9 Å². The zero-order valence-electron chi connectivity index (χ0n) is 11.1. The molecule has 1 fully saturated rings. The molecule has 0 amide bonds. The van der Waals surface area contributed by atoms with Crippen LogP contribution in [0.4, 0.5) is 0 Å². The fourth-order valence-electron chi connectivity index (χ4n) is 2.41. The van der Waals surface area contributed by atoms with Gasteiger partial charge in [0.15, 0.2) is 0 Å². The van der Waals surface area contributed by atoms with Gasteiger partial charge in [-0.3, -0.25) is 9.69 Å². The lowest BCUT2D eigenvalue weighted by Gasteiger charge is -2.30. The van der Waals surface area contributed by atoms with Crippen LogP contribution in [0.15, 0.2) is 12.1 Å². The smallest absolute Gasteiger partial charge is 0.308 e. The number of carbonyl (C=O) groups is 1. The number of likely N-dealkylation sites (tertiary alicyclic amines) is 1. The first-order valence-corrected chi connectivity index (χ1v) is 7.42. The Hall–Kier alpha value is -0.870. The summed E-state index contributed by atoms with van der Waals surface area (Å²) in [5.41, 5.74) is 0. The summed E-state index contributed by atoms with van der Waals surface area (Å²) in [6.45, 7) is 5.22. The molecule has 0 spiro atoms. The predicted octanol–water partition coefficient (Wildman–Crippen LogP) is 2.70. The summed E-state index contributed by atoms with van der Waals surface area (Å²) >= 11 is 1.90. The maximum absolute atomic E-state index is 11.4. The molecule has 0 aliphatic carbocycles. The van der Waals surface area contributed by atoms with Crippen molar-refractivity contribution >= 4 is 17.3 Å². The monoisotopic (exact) mass is 267 g/mol. The van der Waals surface area contributed by atoms with Crippen LogP contribution in [0.2, 0.25) is 0 Å². The SMILES string of the molecule is CCc1ccc(CN2CCC(C(=O)OC)CC2)s1. The summed E-state index contributed by atoms with van der Waals surface area (Å²) in [6.07, 6.45) is 2.98. The molecule has 100 valence electrons. The minimum Gasteiger partial charge on any atom is -0.469 e. The molecule has 2 heterocycles. The number of methoxy groups -OCH3 is 1. The van der Waals surface area contributed by atoms with Crippen LogP contribution in [0.1, 0.15) is 29.5 Å². The van der Waals surface area contributed by atoms with Crippen molar-refractivity contribution in [2.75, 3.05) is 20.2 Å². The number of piperidine rings is 1. The summed E-state index contributed by atoms with van der Waals surface area (Å²) in [5, 5.41) is 0. The fraction of sp³-hybridized carbons (Fsp3) is 0.643. The standard InChI is InChI=1S/C14H21NO2S/c1-3-12-4-5-13(18-12)10-15-8-6-11(7-9-15)14(16)17-2/h4-5,11H,3,6-10H2,1-2H3. The molecule has 3 nitrogen and oxygen atoms in total. The van der Waals surface area contributed by atoms with E-state index in [4.69, 9.17) is 4.74 Å². The van der Waals surface area contributed by atoms with Gasteiger partial charge < -0.3 is 4.74 Å².